The zero-order valence-electron chi connectivity index (χ0n) is 19.4. The fourth-order valence-electron chi connectivity index (χ4n) is 4.56. The standard InChI is InChI=1S/C26H31FN4O/c1-5-6-21-15-25(20-7-8-23(27)18(3)14-20)29-31(21)16-26(32)30-11-9-22-17(2)13-19(4)28-24(22)10-12-30/h7-8,13-15H,5-6,9-12,16H2,1-4H3. The van der Waals surface area contributed by atoms with Gasteiger partial charge in [0.1, 0.15) is 12.4 Å². The highest BCUT2D eigenvalue weighted by atomic mass is 19.1. The van der Waals surface area contributed by atoms with Gasteiger partial charge in [0.2, 0.25) is 5.91 Å². The van der Waals surface area contributed by atoms with Crippen LogP contribution in [0.5, 0.6) is 0 Å². The van der Waals surface area contributed by atoms with Crippen LogP contribution in [-0.2, 0) is 30.6 Å². The van der Waals surface area contributed by atoms with E-state index in [9.17, 15) is 9.18 Å². The minimum absolute atomic E-state index is 0.0782. The van der Waals surface area contributed by atoms with Gasteiger partial charge in [0.05, 0.1) is 5.69 Å². The molecule has 3 aromatic rings. The van der Waals surface area contributed by atoms with Crippen LogP contribution in [-0.4, -0.2) is 38.7 Å². The monoisotopic (exact) mass is 434 g/mol. The molecular formula is C26H31FN4O. The Morgan fingerprint density at radius 2 is 1.84 bits per heavy atom. The number of carbonyl (C=O) groups is 1. The van der Waals surface area contributed by atoms with Crippen molar-refractivity contribution in [1.29, 1.82) is 0 Å². The number of aromatic nitrogens is 3. The van der Waals surface area contributed by atoms with Crippen LogP contribution in [0.15, 0.2) is 30.3 Å². The summed E-state index contributed by atoms with van der Waals surface area (Å²) in [5.74, 6) is -0.145. The number of fused-ring (bicyclic) bond motifs is 1. The van der Waals surface area contributed by atoms with Crippen molar-refractivity contribution in [2.45, 2.75) is 59.9 Å². The molecule has 0 bridgehead atoms. The number of aryl methyl sites for hydroxylation is 4. The van der Waals surface area contributed by atoms with Gasteiger partial charge in [-0.15, -0.1) is 0 Å². The van der Waals surface area contributed by atoms with Crippen molar-refractivity contribution in [2.24, 2.45) is 0 Å². The van der Waals surface area contributed by atoms with Gasteiger partial charge < -0.3 is 4.90 Å². The van der Waals surface area contributed by atoms with Crippen LogP contribution >= 0.6 is 0 Å². The first-order valence-corrected chi connectivity index (χ1v) is 11.4. The Hall–Kier alpha value is -3.02. The summed E-state index contributed by atoms with van der Waals surface area (Å²) in [5.41, 5.74) is 7.97. The molecule has 0 atom stereocenters. The molecule has 1 aliphatic rings. The minimum atomic E-state index is -0.223. The molecule has 1 aromatic carbocycles. The average molecular weight is 435 g/mol. The molecule has 2 aromatic heterocycles. The summed E-state index contributed by atoms with van der Waals surface area (Å²) in [6.45, 7) is 9.61. The molecule has 0 N–H and O–H groups in total. The number of pyridine rings is 1. The normalized spacial score (nSPS) is 13.7. The lowest BCUT2D eigenvalue weighted by molar-refractivity contribution is -0.132. The zero-order chi connectivity index (χ0) is 22.8. The second kappa shape index (κ2) is 9.23. The summed E-state index contributed by atoms with van der Waals surface area (Å²) in [5, 5.41) is 4.73. The van der Waals surface area contributed by atoms with Crippen molar-refractivity contribution in [1.82, 2.24) is 19.7 Å². The fraction of sp³-hybridized carbons (Fsp3) is 0.423. The van der Waals surface area contributed by atoms with E-state index in [1.807, 2.05) is 28.6 Å². The van der Waals surface area contributed by atoms with Gasteiger partial charge in [-0.2, -0.15) is 5.10 Å². The van der Waals surface area contributed by atoms with E-state index in [1.54, 1.807) is 13.0 Å². The zero-order valence-corrected chi connectivity index (χ0v) is 19.4. The lowest BCUT2D eigenvalue weighted by atomic mass is 10.0. The Morgan fingerprint density at radius 3 is 2.59 bits per heavy atom. The van der Waals surface area contributed by atoms with E-state index >= 15 is 0 Å². The van der Waals surface area contributed by atoms with E-state index in [2.05, 4.69) is 19.9 Å². The van der Waals surface area contributed by atoms with Gasteiger partial charge >= 0.3 is 0 Å². The first-order chi connectivity index (χ1) is 15.4. The van der Waals surface area contributed by atoms with Crippen molar-refractivity contribution < 1.29 is 9.18 Å². The Balaban J connectivity index is 1.53. The molecule has 5 nitrogen and oxygen atoms in total. The number of nitrogens with zero attached hydrogens (tertiary/aromatic N) is 4. The quantitative estimate of drug-likeness (QED) is 0.590. The molecule has 0 spiro atoms. The fourth-order valence-corrected chi connectivity index (χ4v) is 4.56. The van der Waals surface area contributed by atoms with Gasteiger partial charge in [0, 0.05) is 42.2 Å². The number of halogens is 1. The number of hydrogen-bond acceptors (Lipinski definition) is 3. The summed E-state index contributed by atoms with van der Waals surface area (Å²) in [4.78, 5) is 19.9. The second-order valence-corrected chi connectivity index (χ2v) is 8.78. The molecule has 0 saturated heterocycles. The van der Waals surface area contributed by atoms with Crippen molar-refractivity contribution in [3.8, 4) is 11.3 Å². The maximum atomic E-state index is 13.7. The summed E-state index contributed by atoms with van der Waals surface area (Å²) in [6.07, 6.45) is 3.42. The summed E-state index contributed by atoms with van der Waals surface area (Å²) in [6, 6.07) is 9.17. The lowest BCUT2D eigenvalue weighted by Crippen LogP contribution is -2.36. The minimum Gasteiger partial charge on any atom is -0.340 e. The smallest absolute Gasteiger partial charge is 0.244 e. The van der Waals surface area contributed by atoms with E-state index in [0.717, 1.165) is 54.0 Å². The number of amides is 1. The molecule has 0 radical (unpaired) electrons. The molecule has 0 aliphatic carbocycles. The molecule has 6 heteroatoms. The van der Waals surface area contributed by atoms with Crippen LogP contribution in [0.1, 0.15) is 47.1 Å². The van der Waals surface area contributed by atoms with Gasteiger partial charge in [-0.05, 0) is 80.6 Å². The van der Waals surface area contributed by atoms with Gasteiger partial charge in [0.15, 0.2) is 0 Å². The third kappa shape index (κ3) is 4.59. The number of rotatable bonds is 5. The number of carbonyl (C=O) groups excluding carboxylic acids is 1. The highest BCUT2D eigenvalue weighted by molar-refractivity contribution is 5.76. The first kappa shape index (κ1) is 22.2. The van der Waals surface area contributed by atoms with E-state index in [1.165, 1.54) is 17.2 Å². The summed E-state index contributed by atoms with van der Waals surface area (Å²) < 4.78 is 15.5. The SMILES string of the molecule is CCCc1cc(-c2ccc(F)c(C)c2)nn1CC(=O)N1CCc2nc(C)cc(C)c2CC1. The number of benzene rings is 1. The molecule has 1 amide bonds. The van der Waals surface area contributed by atoms with Crippen molar-refractivity contribution in [3.63, 3.8) is 0 Å². The molecule has 0 saturated carbocycles. The van der Waals surface area contributed by atoms with Crippen LogP contribution in [0.2, 0.25) is 0 Å². The van der Waals surface area contributed by atoms with Gasteiger partial charge in [-0.3, -0.25) is 14.5 Å². The average Bonchev–Trinajstić information content (AvgIpc) is 3.00. The van der Waals surface area contributed by atoms with E-state index in [0.29, 0.717) is 18.7 Å². The Bertz CT molecular complexity index is 1150. The maximum Gasteiger partial charge on any atom is 0.244 e. The molecule has 0 unspecified atom stereocenters. The van der Waals surface area contributed by atoms with Gasteiger partial charge in [-0.1, -0.05) is 13.3 Å². The van der Waals surface area contributed by atoms with Crippen LogP contribution < -0.4 is 0 Å². The summed E-state index contributed by atoms with van der Waals surface area (Å²) in [7, 11) is 0. The molecular weight excluding hydrogens is 403 g/mol. The third-order valence-corrected chi connectivity index (χ3v) is 6.27. The molecule has 4 rings (SSSR count). The highest BCUT2D eigenvalue weighted by Crippen LogP contribution is 2.23. The van der Waals surface area contributed by atoms with Crippen molar-refractivity contribution >= 4 is 5.91 Å². The largest absolute Gasteiger partial charge is 0.340 e. The Labute approximate surface area is 189 Å². The van der Waals surface area contributed by atoms with E-state index in [-0.39, 0.29) is 18.3 Å². The second-order valence-electron chi connectivity index (χ2n) is 8.78. The maximum absolute atomic E-state index is 13.7. The van der Waals surface area contributed by atoms with Crippen LogP contribution in [0, 0.1) is 26.6 Å². The molecule has 1 aliphatic heterocycles. The molecule has 32 heavy (non-hydrogen) atoms. The van der Waals surface area contributed by atoms with Crippen LogP contribution in [0.25, 0.3) is 11.3 Å². The van der Waals surface area contributed by atoms with E-state index in [4.69, 9.17) is 10.1 Å². The van der Waals surface area contributed by atoms with Gasteiger partial charge in [0.25, 0.3) is 0 Å². The third-order valence-electron chi connectivity index (χ3n) is 6.27. The lowest BCUT2D eigenvalue weighted by Gasteiger charge is -2.20. The molecule has 168 valence electrons. The topological polar surface area (TPSA) is 51.0 Å². The molecule has 3 heterocycles. The Morgan fingerprint density at radius 1 is 1.06 bits per heavy atom. The molecule has 0 fully saturated rings. The van der Waals surface area contributed by atoms with Crippen LogP contribution in [0.4, 0.5) is 4.39 Å². The highest BCUT2D eigenvalue weighted by Gasteiger charge is 2.22. The van der Waals surface area contributed by atoms with Crippen molar-refractivity contribution in [3.05, 3.63) is 69.9 Å². The predicted octanol–water partition coefficient (Wildman–Crippen LogP) is 4.59. The first-order valence-electron chi connectivity index (χ1n) is 11.4. The van der Waals surface area contributed by atoms with Crippen LogP contribution in [0.3, 0.4) is 0 Å². The van der Waals surface area contributed by atoms with Gasteiger partial charge in [-0.25, -0.2) is 4.39 Å². The van der Waals surface area contributed by atoms with Crippen molar-refractivity contribution in [2.75, 3.05) is 13.1 Å². The Kier molecular flexibility index (Phi) is 6.40. The van der Waals surface area contributed by atoms with E-state index < -0.39 is 0 Å². The summed E-state index contributed by atoms with van der Waals surface area (Å²) >= 11 is 0. The predicted molar refractivity (Wildman–Crippen MR) is 124 cm³/mol. The number of hydrogen-bond donors (Lipinski definition) is 0.